The molecule has 1 atom stereocenters. The van der Waals surface area contributed by atoms with Gasteiger partial charge in [-0.05, 0) is 49.0 Å². The molecule has 2 heterocycles. The standard InChI is InChI=1S/C18H17N5S.C18H36O2/c1-13-14(2)24-18(19-13)23-21-17(15-9-5-3-6-10-15)20-22(23)16-11-7-4-8-12-16;1-2-3-4-5-6-7-8-9-10-11-12-13-14-15-16-17-18(19)20/h3-12H,1-2H3,(H,20,21);2-17H2,1H3,(H,19,20). The summed E-state index contributed by atoms with van der Waals surface area (Å²) < 4.78 is 0. The lowest BCUT2D eigenvalue weighted by Crippen LogP contribution is -3.10. The number of hydrazine groups is 1. The van der Waals surface area contributed by atoms with E-state index in [1.54, 1.807) is 11.3 Å². The van der Waals surface area contributed by atoms with Gasteiger partial charge in [0.05, 0.1) is 5.69 Å². The first-order valence-electron chi connectivity index (χ1n) is 16.8. The zero-order valence-corrected chi connectivity index (χ0v) is 28.0. The number of nitrogens with zero attached hydrogens (tertiary/aromatic N) is 3. The summed E-state index contributed by atoms with van der Waals surface area (Å²) >= 11 is 1.67. The van der Waals surface area contributed by atoms with Crippen LogP contribution in [0.4, 0.5) is 10.8 Å². The van der Waals surface area contributed by atoms with E-state index in [9.17, 15) is 9.90 Å². The minimum Gasteiger partial charge on any atom is -0.550 e. The topological polar surface area (TPSA) is 85.1 Å². The van der Waals surface area contributed by atoms with Crippen molar-refractivity contribution in [3.8, 4) is 0 Å². The highest BCUT2D eigenvalue weighted by Gasteiger charge is 2.34. The van der Waals surface area contributed by atoms with Gasteiger partial charge in [-0.2, -0.15) is 4.98 Å². The molecule has 2 N–H and O–H groups in total. The van der Waals surface area contributed by atoms with Crippen LogP contribution in [0.15, 0.2) is 65.8 Å². The molecular weight excluding hydrogens is 566 g/mol. The Balaban J connectivity index is 0.000000246. The van der Waals surface area contributed by atoms with E-state index in [1.807, 2.05) is 48.4 Å². The molecule has 44 heavy (non-hydrogen) atoms. The van der Waals surface area contributed by atoms with E-state index < -0.39 is 5.97 Å². The smallest absolute Gasteiger partial charge is 0.339 e. The fourth-order valence-corrected chi connectivity index (χ4v) is 6.08. The van der Waals surface area contributed by atoms with E-state index in [1.165, 1.54) is 88.3 Å². The van der Waals surface area contributed by atoms with Crippen LogP contribution in [-0.2, 0) is 4.79 Å². The van der Waals surface area contributed by atoms with Crippen molar-refractivity contribution in [1.29, 1.82) is 0 Å². The van der Waals surface area contributed by atoms with Crippen molar-refractivity contribution in [2.45, 2.75) is 124 Å². The van der Waals surface area contributed by atoms with E-state index in [0.717, 1.165) is 45.9 Å². The maximum Gasteiger partial charge on any atom is 0.339 e. The van der Waals surface area contributed by atoms with Gasteiger partial charge in [-0.25, -0.2) is 5.43 Å². The third kappa shape index (κ3) is 12.8. The number of nitrogens with one attached hydrogen (secondary N) is 2. The van der Waals surface area contributed by atoms with Gasteiger partial charge in [0, 0.05) is 16.4 Å². The van der Waals surface area contributed by atoms with Crippen molar-refractivity contribution in [3.05, 3.63) is 76.8 Å². The van der Waals surface area contributed by atoms with Crippen LogP contribution in [0.1, 0.15) is 126 Å². The Morgan fingerprint density at radius 3 is 1.75 bits per heavy atom. The number of quaternary nitrogens is 1. The quantitative estimate of drug-likeness (QED) is 0.135. The van der Waals surface area contributed by atoms with Gasteiger partial charge in [0.25, 0.3) is 0 Å². The van der Waals surface area contributed by atoms with E-state index in [2.05, 4.69) is 48.5 Å². The average Bonchev–Trinajstić information content (AvgIpc) is 3.63. The molecule has 0 bridgehead atoms. The van der Waals surface area contributed by atoms with Gasteiger partial charge in [0.15, 0.2) is 0 Å². The zero-order valence-electron chi connectivity index (χ0n) is 27.2. The van der Waals surface area contributed by atoms with E-state index in [4.69, 9.17) is 5.10 Å². The Morgan fingerprint density at radius 2 is 1.27 bits per heavy atom. The summed E-state index contributed by atoms with van der Waals surface area (Å²) in [4.78, 5) is 16.1. The molecule has 1 aliphatic rings. The molecule has 0 amide bonds. The minimum atomic E-state index is -0.903. The van der Waals surface area contributed by atoms with Crippen molar-refractivity contribution in [3.63, 3.8) is 0 Å². The molecule has 7 nitrogen and oxygen atoms in total. The Bertz CT molecular complexity index is 1210. The van der Waals surface area contributed by atoms with E-state index >= 15 is 0 Å². The first-order chi connectivity index (χ1) is 21.5. The summed E-state index contributed by atoms with van der Waals surface area (Å²) in [5.41, 5.74) is 6.56. The number of amidine groups is 1. The predicted octanol–water partition coefficient (Wildman–Crippen LogP) is 7.58. The van der Waals surface area contributed by atoms with Crippen LogP contribution < -0.4 is 20.8 Å². The zero-order chi connectivity index (χ0) is 31.4. The summed E-state index contributed by atoms with van der Waals surface area (Å²) in [6.45, 7) is 6.39. The number of rotatable bonds is 19. The summed E-state index contributed by atoms with van der Waals surface area (Å²) in [6, 6.07) is 20.3. The highest BCUT2D eigenvalue weighted by atomic mass is 32.1. The number of hydrogen-bond donors (Lipinski definition) is 2. The van der Waals surface area contributed by atoms with Crippen LogP contribution >= 0.6 is 11.3 Å². The lowest BCUT2D eigenvalue weighted by atomic mass is 10.0. The molecule has 0 spiro atoms. The number of carbonyl (C=O) groups is 1. The van der Waals surface area contributed by atoms with Crippen LogP contribution in [0.2, 0.25) is 0 Å². The number of aryl methyl sites for hydroxylation is 2. The molecule has 1 aromatic heterocycles. The van der Waals surface area contributed by atoms with Gasteiger partial charge in [-0.3, -0.25) is 0 Å². The second kappa shape index (κ2) is 20.7. The first kappa shape index (κ1) is 35.3. The molecular formula is C36H53N5O2S. The van der Waals surface area contributed by atoms with Gasteiger partial charge in [0.2, 0.25) is 5.84 Å². The molecule has 2 aromatic carbocycles. The fraction of sp³-hybridized carbons (Fsp3) is 0.528. The normalized spacial score (nSPS) is 14.1. The molecule has 1 unspecified atom stereocenters. The summed E-state index contributed by atoms with van der Waals surface area (Å²) in [6.07, 6.45) is 19.9. The van der Waals surface area contributed by atoms with E-state index in [-0.39, 0.29) is 6.42 Å². The summed E-state index contributed by atoms with van der Waals surface area (Å²) in [5, 5.41) is 18.8. The third-order valence-electron chi connectivity index (χ3n) is 7.91. The van der Waals surface area contributed by atoms with Crippen LogP contribution in [0, 0.1) is 13.8 Å². The molecule has 0 saturated heterocycles. The largest absolute Gasteiger partial charge is 0.550 e. The molecule has 0 aliphatic carbocycles. The average molecular weight is 620 g/mol. The van der Waals surface area contributed by atoms with Crippen molar-refractivity contribution in [2.75, 3.05) is 5.12 Å². The lowest BCUT2D eigenvalue weighted by molar-refractivity contribution is -0.846. The van der Waals surface area contributed by atoms with Gasteiger partial charge >= 0.3 is 5.13 Å². The SMILES string of the molecule is CCCCCCCCCCCCCCCCCC(=O)[O-].Cc1nc([NH+]2N=C(c3ccccc3)NN2c2ccccc2)sc1C. The Hall–Kier alpha value is -3.23. The maximum absolute atomic E-state index is 10.2. The number of hydrogen-bond acceptors (Lipinski definition) is 7. The second-order valence-corrected chi connectivity index (χ2v) is 12.9. The number of carboxylic acid groups (broad SMARTS) is 1. The van der Waals surface area contributed by atoms with Gasteiger partial charge in [0.1, 0.15) is 5.69 Å². The second-order valence-electron chi connectivity index (χ2n) is 11.7. The summed E-state index contributed by atoms with van der Waals surface area (Å²) in [7, 11) is 0. The Morgan fingerprint density at radius 1 is 0.773 bits per heavy atom. The van der Waals surface area contributed by atoms with Crippen molar-refractivity contribution in [1.82, 2.24) is 10.4 Å². The number of benzene rings is 2. The number of carbonyl (C=O) groups excluding carboxylic acids is 1. The monoisotopic (exact) mass is 619 g/mol. The van der Waals surface area contributed by atoms with Gasteiger partial charge in [-0.1, -0.05) is 162 Å². The maximum atomic E-state index is 10.2. The number of aliphatic carboxylic acids is 1. The predicted molar refractivity (Wildman–Crippen MR) is 182 cm³/mol. The summed E-state index contributed by atoms with van der Waals surface area (Å²) in [5.74, 6) is -0.0698. The molecule has 3 aromatic rings. The van der Waals surface area contributed by atoms with Crippen molar-refractivity contribution in [2.24, 2.45) is 5.10 Å². The van der Waals surface area contributed by atoms with Crippen molar-refractivity contribution >= 4 is 34.0 Å². The van der Waals surface area contributed by atoms with Crippen LogP contribution in [0.25, 0.3) is 0 Å². The van der Waals surface area contributed by atoms with Crippen LogP contribution in [0.3, 0.4) is 0 Å². The number of aromatic nitrogens is 1. The number of para-hydroxylation sites is 1. The molecule has 0 saturated carbocycles. The Labute approximate surface area is 269 Å². The minimum absolute atomic E-state index is 0.234. The van der Waals surface area contributed by atoms with Gasteiger partial charge < -0.3 is 9.90 Å². The van der Waals surface area contributed by atoms with Crippen LogP contribution in [0.5, 0.6) is 0 Å². The molecule has 4 rings (SSSR count). The number of anilines is 1. The molecule has 1 aliphatic heterocycles. The first-order valence-corrected chi connectivity index (χ1v) is 17.6. The van der Waals surface area contributed by atoms with E-state index in [0.29, 0.717) is 0 Å². The number of unbranched alkanes of at least 4 members (excludes halogenated alkanes) is 14. The number of carboxylic acids is 1. The molecule has 0 fully saturated rings. The highest BCUT2D eigenvalue weighted by Crippen LogP contribution is 2.21. The molecule has 240 valence electrons. The fourth-order valence-electron chi connectivity index (χ4n) is 5.18. The molecule has 8 heteroatoms. The number of thiazole rings is 1. The van der Waals surface area contributed by atoms with Crippen LogP contribution in [-0.4, -0.2) is 16.8 Å². The molecule has 0 radical (unpaired) electrons. The third-order valence-corrected chi connectivity index (χ3v) is 8.98. The van der Waals surface area contributed by atoms with Crippen molar-refractivity contribution < 1.29 is 15.0 Å². The lowest BCUT2D eigenvalue weighted by Gasteiger charge is -2.19. The Kier molecular flexibility index (Phi) is 16.6. The highest BCUT2D eigenvalue weighted by molar-refractivity contribution is 7.14. The van der Waals surface area contributed by atoms with Gasteiger partial charge in [-0.15, -0.1) is 0 Å².